The third-order valence-corrected chi connectivity index (χ3v) is 15.1. The number of hydrogen-bond donors (Lipinski definition) is 0. The molecule has 0 aliphatic heterocycles. The van der Waals surface area contributed by atoms with E-state index in [2.05, 4.69) is 279 Å². The molecule has 0 spiro atoms. The van der Waals surface area contributed by atoms with E-state index in [9.17, 15) is 0 Å². The Morgan fingerprint density at radius 3 is 0.792 bits per heavy atom. The Hall–Kier alpha value is -9.36. The van der Waals surface area contributed by atoms with Crippen LogP contribution in [0.4, 0.5) is 0 Å². The van der Waals surface area contributed by atoms with Crippen LogP contribution in [0.1, 0.15) is 0 Å². The van der Waals surface area contributed by atoms with Crippen molar-refractivity contribution in [3.8, 4) is 77.9 Å². The first-order valence-electron chi connectivity index (χ1n) is 25.0. The normalized spacial score (nSPS) is 11.6. The van der Waals surface area contributed by atoms with Gasteiger partial charge in [0.1, 0.15) is 0 Å². The molecule has 0 aliphatic rings. The molecule has 334 valence electrons. The molecule has 0 nitrogen and oxygen atoms in total. The zero-order valence-electron chi connectivity index (χ0n) is 39.6. The summed E-state index contributed by atoms with van der Waals surface area (Å²) in [7, 11) is 0. The molecule has 0 saturated carbocycles. The zero-order chi connectivity index (χ0) is 47.5. The Morgan fingerprint density at radius 2 is 0.403 bits per heavy atom. The van der Waals surface area contributed by atoms with Crippen molar-refractivity contribution >= 4 is 64.6 Å². The molecule has 0 N–H and O–H groups in total. The molecule has 0 unspecified atom stereocenters. The second kappa shape index (κ2) is 17.2. The fourth-order valence-corrected chi connectivity index (χ4v) is 11.8. The van der Waals surface area contributed by atoms with E-state index in [1.165, 1.54) is 143 Å². The summed E-state index contributed by atoms with van der Waals surface area (Å²) in [6.45, 7) is 0. The molecule has 0 amide bonds. The maximum Gasteiger partial charge on any atom is -0.00262 e. The van der Waals surface area contributed by atoms with Gasteiger partial charge in [0.25, 0.3) is 0 Å². The molecule has 0 radical (unpaired) electrons. The van der Waals surface area contributed by atoms with Crippen LogP contribution < -0.4 is 0 Å². The smallest absolute Gasteiger partial charge is 0.00262 e. The van der Waals surface area contributed by atoms with Crippen LogP contribution in [0.5, 0.6) is 0 Å². The Kier molecular flexibility index (Phi) is 9.96. The van der Waals surface area contributed by atoms with E-state index in [0.717, 1.165) is 0 Å². The summed E-state index contributed by atoms with van der Waals surface area (Å²) in [6.07, 6.45) is 0. The summed E-state index contributed by atoms with van der Waals surface area (Å²) in [4.78, 5) is 0. The minimum Gasteiger partial charge on any atom is -0.0622 e. The largest absolute Gasteiger partial charge is 0.0622 e. The average molecular weight is 911 g/mol. The minimum atomic E-state index is 1.20. The second-order valence-corrected chi connectivity index (χ2v) is 19.1. The molecule has 0 aliphatic carbocycles. The van der Waals surface area contributed by atoms with Crippen LogP contribution in [0.2, 0.25) is 0 Å². The summed E-state index contributed by atoms with van der Waals surface area (Å²) in [5.41, 5.74) is 17.4. The molecule has 0 saturated heterocycles. The highest BCUT2D eigenvalue weighted by molar-refractivity contribution is 6.23. The predicted octanol–water partition coefficient (Wildman–Crippen LogP) is 20.3. The molecular formula is C72H46. The zero-order valence-corrected chi connectivity index (χ0v) is 39.6. The summed E-state index contributed by atoms with van der Waals surface area (Å²) in [5.74, 6) is 0. The van der Waals surface area contributed by atoms with Crippen molar-refractivity contribution in [2.45, 2.75) is 0 Å². The van der Waals surface area contributed by atoms with Gasteiger partial charge in [0.15, 0.2) is 0 Å². The van der Waals surface area contributed by atoms with Crippen molar-refractivity contribution < 1.29 is 0 Å². The standard InChI is InChI=1S/C72H46/c1-3-17-50(18-4-1)69-61-21-7-9-23-63(61)71(64-24-10-8-22-62(64)69)52-39-37-49(38-40-52)58-30-16-31-59-57(29-15-32-60(58)59)48-35-33-47(34-36-48)53-41-42-55-46-56(44-43-54(55)45-53)72-67-27-13-11-25-65(67)70(51-19-5-2-6-20-51)66-26-12-14-28-68(66)72/h1-46H. The van der Waals surface area contributed by atoms with Crippen LogP contribution in [0.25, 0.3) is 143 Å². The highest BCUT2D eigenvalue weighted by atomic mass is 14.2. The van der Waals surface area contributed by atoms with Gasteiger partial charge in [0, 0.05) is 0 Å². The van der Waals surface area contributed by atoms with Crippen LogP contribution in [0, 0.1) is 0 Å². The molecule has 14 aromatic carbocycles. The van der Waals surface area contributed by atoms with E-state index in [-0.39, 0.29) is 0 Å². The molecule has 72 heavy (non-hydrogen) atoms. The third kappa shape index (κ3) is 6.91. The maximum atomic E-state index is 2.37. The van der Waals surface area contributed by atoms with Crippen molar-refractivity contribution in [1.29, 1.82) is 0 Å². The van der Waals surface area contributed by atoms with Gasteiger partial charge in [-0.25, -0.2) is 0 Å². The van der Waals surface area contributed by atoms with Crippen LogP contribution >= 0.6 is 0 Å². The maximum absolute atomic E-state index is 2.37. The summed E-state index contributed by atoms with van der Waals surface area (Å²) >= 11 is 0. The number of rotatable bonds is 7. The van der Waals surface area contributed by atoms with E-state index < -0.39 is 0 Å². The van der Waals surface area contributed by atoms with Crippen molar-refractivity contribution in [3.05, 3.63) is 279 Å². The van der Waals surface area contributed by atoms with Gasteiger partial charge in [-0.3, -0.25) is 0 Å². The highest BCUT2D eigenvalue weighted by Gasteiger charge is 2.19. The molecule has 0 heterocycles. The Balaban J connectivity index is 0.780. The second-order valence-electron chi connectivity index (χ2n) is 19.1. The predicted molar refractivity (Wildman–Crippen MR) is 310 cm³/mol. The van der Waals surface area contributed by atoms with Gasteiger partial charge < -0.3 is 0 Å². The molecule has 0 atom stereocenters. The van der Waals surface area contributed by atoms with E-state index in [1.54, 1.807) is 0 Å². The molecule has 0 bridgehead atoms. The number of hydrogen-bond acceptors (Lipinski definition) is 0. The lowest BCUT2D eigenvalue weighted by Gasteiger charge is -2.18. The molecule has 0 aromatic heterocycles. The lowest BCUT2D eigenvalue weighted by atomic mass is 9.85. The van der Waals surface area contributed by atoms with Gasteiger partial charge in [-0.1, -0.05) is 267 Å². The monoisotopic (exact) mass is 910 g/mol. The van der Waals surface area contributed by atoms with Crippen LogP contribution in [0.15, 0.2) is 279 Å². The molecule has 0 fully saturated rings. The Morgan fingerprint density at radius 1 is 0.139 bits per heavy atom. The van der Waals surface area contributed by atoms with Crippen molar-refractivity contribution in [1.82, 2.24) is 0 Å². The highest BCUT2D eigenvalue weighted by Crippen LogP contribution is 2.46. The minimum absolute atomic E-state index is 1.20. The van der Waals surface area contributed by atoms with E-state index in [1.807, 2.05) is 0 Å². The van der Waals surface area contributed by atoms with Crippen molar-refractivity contribution in [2.24, 2.45) is 0 Å². The fourth-order valence-electron chi connectivity index (χ4n) is 11.8. The van der Waals surface area contributed by atoms with Gasteiger partial charge in [0.05, 0.1) is 0 Å². The molecular weight excluding hydrogens is 865 g/mol. The molecule has 14 aromatic rings. The molecule has 14 rings (SSSR count). The average Bonchev–Trinajstić information content (AvgIpc) is 3.46. The summed E-state index contributed by atoms with van der Waals surface area (Å²) < 4.78 is 0. The van der Waals surface area contributed by atoms with E-state index in [4.69, 9.17) is 0 Å². The van der Waals surface area contributed by atoms with Crippen LogP contribution in [-0.4, -0.2) is 0 Å². The van der Waals surface area contributed by atoms with Gasteiger partial charge in [0.2, 0.25) is 0 Å². The quantitative estimate of drug-likeness (QED) is 0.140. The third-order valence-electron chi connectivity index (χ3n) is 15.1. The first-order chi connectivity index (χ1) is 35.7. The van der Waals surface area contributed by atoms with Gasteiger partial charge in [-0.15, -0.1) is 0 Å². The first kappa shape index (κ1) is 41.6. The Bertz CT molecular complexity index is 4280. The van der Waals surface area contributed by atoms with Gasteiger partial charge in [-0.05, 0) is 155 Å². The van der Waals surface area contributed by atoms with E-state index in [0.29, 0.717) is 0 Å². The molecule has 0 heteroatoms. The van der Waals surface area contributed by atoms with Crippen LogP contribution in [0.3, 0.4) is 0 Å². The van der Waals surface area contributed by atoms with Crippen LogP contribution in [-0.2, 0) is 0 Å². The fraction of sp³-hybridized carbons (Fsp3) is 0. The summed E-state index contributed by atoms with van der Waals surface area (Å²) in [5, 5.41) is 15.1. The van der Waals surface area contributed by atoms with Crippen molar-refractivity contribution in [3.63, 3.8) is 0 Å². The first-order valence-corrected chi connectivity index (χ1v) is 25.0. The van der Waals surface area contributed by atoms with Gasteiger partial charge in [-0.2, -0.15) is 0 Å². The lowest BCUT2D eigenvalue weighted by Crippen LogP contribution is -1.91. The van der Waals surface area contributed by atoms with Crippen molar-refractivity contribution in [2.75, 3.05) is 0 Å². The topological polar surface area (TPSA) is 0 Å². The SMILES string of the molecule is c1ccc(-c2c3ccccc3c(-c3ccc(-c4cccc5c(-c6ccc(-c7ccc8cc(-c9c%10ccccc%10c(-c%10ccccc%10)c%10ccccc9%10)ccc8c7)cc6)cccc45)cc3)c3ccccc23)cc1. The van der Waals surface area contributed by atoms with E-state index >= 15 is 0 Å². The summed E-state index contributed by atoms with van der Waals surface area (Å²) in [6, 6.07) is 103. The lowest BCUT2D eigenvalue weighted by molar-refractivity contribution is 1.61. The van der Waals surface area contributed by atoms with Gasteiger partial charge >= 0.3 is 0 Å². The Labute approximate surface area is 419 Å². The number of benzene rings is 14. The number of fused-ring (bicyclic) bond motifs is 6.